The smallest absolute Gasteiger partial charge is 0.227 e. The zero-order valence-electron chi connectivity index (χ0n) is 20.9. The molecule has 0 unspecified atom stereocenters. The fourth-order valence-corrected chi connectivity index (χ4v) is 3.08. The second-order valence-electron chi connectivity index (χ2n) is 7.49. The maximum Gasteiger partial charge on any atom is 0.227 e. The van der Waals surface area contributed by atoms with Crippen LogP contribution in [0.25, 0.3) is 0 Å². The summed E-state index contributed by atoms with van der Waals surface area (Å²) in [6.45, 7) is 7.92. The summed E-state index contributed by atoms with van der Waals surface area (Å²) in [7, 11) is 5.09. The van der Waals surface area contributed by atoms with E-state index < -0.39 is 5.82 Å². The van der Waals surface area contributed by atoms with Crippen LogP contribution in [0.4, 0.5) is 16.0 Å². The molecule has 3 rings (SSSR count). The number of hydrogen-bond acceptors (Lipinski definition) is 9. The summed E-state index contributed by atoms with van der Waals surface area (Å²) >= 11 is 0. The molecule has 1 aromatic carbocycles. The van der Waals surface area contributed by atoms with Gasteiger partial charge in [0.1, 0.15) is 12.9 Å². The van der Waals surface area contributed by atoms with Crippen molar-refractivity contribution in [3.05, 3.63) is 53.9 Å². The van der Waals surface area contributed by atoms with Crippen molar-refractivity contribution in [1.82, 2.24) is 30.0 Å². The van der Waals surface area contributed by atoms with Gasteiger partial charge in [-0.1, -0.05) is 13.8 Å². The van der Waals surface area contributed by atoms with Crippen molar-refractivity contribution in [2.45, 2.75) is 27.0 Å². The monoisotopic (exact) mass is 487 g/mol. The number of likely N-dealkylation sites (N-methyl/N-ethyl adjacent to an activating group) is 1. The zero-order chi connectivity index (χ0) is 25.6. The van der Waals surface area contributed by atoms with Crippen LogP contribution in [0.2, 0.25) is 0 Å². The quantitative estimate of drug-likeness (QED) is 0.373. The summed E-state index contributed by atoms with van der Waals surface area (Å²) in [6, 6.07) is 2.75. The average Bonchev–Trinajstić information content (AvgIpc) is 3.32. The average molecular weight is 488 g/mol. The minimum absolute atomic E-state index is 0.0124. The highest BCUT2D eigenvalue weighted by atomic mass is 19.1. The fourth-order valence-electron chi connectivity index (χ4n) is 3.08. The molecule has 11 heteroatoms. The standard InChI is InChI=1S/C22H27FN6O3.C2H7N/c1-4-28(5-2)6-7-29-13-18(10-26-29)27-22-24-11-19(12-25-22)32-15-17-8-16(14-30)9-20(31-3)21(17)23;1-3-2/h8-14H,4-7,15H2,1-3H3,(H,24,25,27);3H,1-2H3. The molecule has 2 heterocycles. The largest absolute Gasteiger partial charge is 0.494 e. The van der Waals surface area contributed by atoms with E-state index >= 15 is 0 Å². The van der Waals surface area contributed by atoms with Gasteiger partial charge in [0.05, 0.1) is 37.9 Å². The molecule has 0 fully saturated rings. The van der Waals surface area contributed by atoms with Gasteiger partial charge in [0.25, 0.3) is 0 Å². The van der Waals surface area contributed by atoms with Gasteiger partial charge < -0.3 is 25.0 Å². The number of carbonyl (C=O) groups is 1. The Balaban J connectivity index is 0.00000137. The van der Waals surface area contributed by atoms with E-state index in [4.69, 9.17) is 9.47 Å². The van der Waals surface area contributed by atoms with E-state index in [1.54, 1.807) is 6.20 Å². The van der Waals surface area contributed by atoms with Crippen LogP contribution in [0.1, 0.15) is 29.8 Å². The number of methoxy groups -OCH3 is 1. The summed E-state index contributed by atoms with van der Waals surface area (Å²) in [5.41, 5.74) is 1.28. The van der Waals surface area contributed by atoms with Crippen LogP contribution in [0, 0.1) is 5.82 Å². The van der Waals surface area contributed by atoms with E-state index in [0.29, 0.717) is 23.5 Å². The molecule has 35 heavy (non-hydrogen) atoms. The molecule has 3 aromatic rings. The number of rotatable bonds is 12. The maximum absolute atomic E-state index is 14.4. The van der Waals surface area contributed by atoms with E-state index in [-0.39, 0.29) is 17.9 Å². The third kappa shape index (κ3) is 8.62. The third-order valence-electron chi connectivity index (χ3n) is 4.94. The summed E-state index contributed by atoms with van der Waals surface area (Å²) in [4.78, 5) is 21.8. The first-order valence-electron chi connectivity index (χ1n) is 11.3. The number of benzene rings is 1. The van der Waals surface area contributed by atoms with E-state index in [1.165, 1.54) is 31.6 Å². The third-order valence-corrected chi connectivity index (χ3v) is 4.94. The van der Waals surface area contributed by atoms with Gasteiger partial charge in [0.15, 0.2) is 17.3 Å². The van der Waals surface area contributed by atoms with Crippen LogP contribution in [-0.2, 0) is 13.2 Å². The number of hydrogen-bond donors (Lipinski definition) is 2. The van der Waals surface area contributed by atoms with Crippen molar-refractivity contribution in [3.8, 4) is 11.5 Å². The van der Waals surface area contributed by atoms with Crippen LogP contribution in [-0.4, -0.2) is 71.8 Å². The topological polar surface area (TPSA) is 106 Å². The number of aromatic nitrogens is 4. The Kier molecular flexibility index (Phi) is 11.6. The van der Waals surface area contributed by atoms with Crippen molar-refractivity contribution >= 4 is 17.9 Å². The molecule has 0 spiro atoms. The van der Waals surface area contributed by atoms with Crippen LogP contribution in [0.15, 0.2) is 36.9 Å². The Labute approximate surface area is 205 Å². The lowest BCUT2D eigenvalue weighted by Crippen LogP contribution is -2.27. The molecule has 0 aliphatic carbocycles. The highest BCUT2D eigenvalue weighted by Crippen LogP contribution is 2.24. The highest BCUT2D eigenvalue weighted by molar-refractivity contribution is 5.76. The molecular weight excluding hydrogens is 453 g/mol. The first kappa shape index (κ1) is 27.7. The SMILES string of the molecule is CCN(CC)CCn1cc(Nc2ncc(OCc3cc(C=O)cc(OC)c3F)cn2)cn1.CNC. The minimum Gasteiger partial charge on any atom is -0.494 e. The zero-order valence-corrected chi connectivity index (χ0v) is 20.9. The summed E-state index contributed by atoms with van der Waals surface area (Å²) in [6.07, 6.45) is 7.21. The lowest BCUT2D eigenvalue weighted by molar-refractivity contribution is 0.112. The molecule has 0 saturated carbocycles. The maximum atomic E-state index is 14.4. The van der Waals surface area contributed by atoms with Crippen molar-refractivity contribution in [2.75, 3.05) is 46.2 Å². The fraction of sp³-hybridized carbons (Fsp3) is 0.417. The van der Waals surface area contributed by atoms with Gasteiger partial charge in [0.2, 0.25) is 5.95 Å². The van der Waals surface area contributed by atoms with E-state index in [2.05, 4.69) is 44.4 Å². The van der Waals surface area contributed by atoms with Gasteiger partial charge in [-0.05, 0) is 39.3 Å². The Hall–Kier alpha value is -3.57. The molecule has 0 atom stereocenters. The molecule has 0 bridgehead atoms. The number of ether oxygens (including phenoxy) is 2. The van der Waals surface area contributed by atoms with Gasteiger partial charge in [-0.15, -0.1) is 0 Å². The highest BCUT2D eigenvalue weighted by Gasteiger charge is 2.12. The Morgan fingerprint density at radius 2 is 1.83 bits per heavy atom. The number of carbonyl (C=O) groups excluding carboxylic acids is 1. The van der Waals surface area contributed by atoms with Crippen LogP contribution in [0.3, 0.4) is 0 Å². The molecule has 10 nitrogen and oxygen atoms in total. The second kappa shape index (κ2) is 14.6. The van der Waals surface area contributed by atoms with E-state index in [9.17, 15) is 9.18 Å². The second-order valence-corrected chi connectivity index (χ2v) is 7.49. The predicted molar refractivity (Wildman–Crippen MR) is 133 cm³/mol. The van der Waals surface area contributed by atoms with Crippen molar-refractivity contribution in [2.24, 2.45) is 0 Å². The predicted octanol–water partition coefficient (Wildman–Crippen LogP) is 3.13. The van der Waals surface area contributed by atoms with Gasteiger partial charge in [-0.3, -0.25) is 9.48 Å². The van der Waals surface area contributed by atoms with Gasteiger partial charge in [-0.2, -0.15) is 5.10 Å². The van der Waals surface area contributed by atoms with Crippen molar-refractivity contribution < 1.29 is 18.7 Å². The van der Waals surface area contributed by atoms with Crippen molar-refractivity contribution in [3.63, 3.8) is 0 Å². The molecule has 0 aliphatic heterocycles. The Bertz CT molecular complexity index is 1040. The molecule has 0 saturated heterocycles. The first-order valence-corrected chi connectivity index (χ1v) is 11.3. The van der Waals surface area contributed by atoms with Gasteiger partial charge in [-0.25, -0.2) is 14.4 Å². The molecule has 0 amide bonds. The van der Waals surface area contributed by atoms with Gasteiger partial charge >= 0.3 is 0 Å². The van der Waals surface area contributed by atoms with Crippen LogP contribution in [0.5, 0.6) is 11.5 Å². The first-order chi connectivity index (χ1) is 17.0. The summed E-state index contributed by atoms with van der Waals surface area (Å²) < 4.78 is 26.8. The summed E-state index contributed by atoms with van der Waals surface area (Å²) in [5.74, 6) is 0.161. The van der Waals surface area contributed by atoms with Crippen LogP contribution < -0.4 is 20.1 Å². The minimum atomic E-state index is -0.574. The molecule has 190 valence electrons. The number of nitrogens with zero attached hydrogens (tertiary/aromatic N) is 5. The normalized spacial score (nSPS) is 10.5. The van der Waals surface area contributed by atoms with Crippen molar-refractivity contribution in [1.29, 1.82) is 0 Å². The lowest BCUT2D eigenvalue weighted by atomic mass is 10.1. The Morgan fingerprint density at radius 1 is 1.14 bits per heavy atom. The van der Waals surface area contributed by atoms with E-state index in [0.717, 1.165) is 31.9 Å². The van der Waals surface area contributed by atoms with Gasteiger partial charge in [0, 0.05) is 23.9 Å². The van der Waals surface area contributed by atoms with Crippen LogP contribution >= 0.6 is 0 Å². The molecule has 2 aromatic heterocycles. The Morgan fingerprint density at radius 3 is 2.43 bits per heavy atom. The number of nitrogens with one attached hydrogen (secondary N) is 2. The lowest BCUT2D eigenvalue weighted by Gasteiger charge is -2.17. The molecule has 0 radical (unpaired) electrons. The number of anilines is 2. The molecular formula is C24H34FN7O3. The molecule has 0 aliphatic rings. The number of halogens is 1. The molecule has 2 N–H and O–H groups in total. The summed E-state index contributed by atoms with van der Waals surface area (Å²) in [5, 5.41) is 10.2. The van der Waals surface area contributed by atoms with E-state index in [1.807, 2.05) is 25.0 Å². The number of aldehydes is 1.